The van der Waals surface area contributed by atoms with Crippen LogP contribution in [0.2, 0.25) is 0 Å². The third kappa shape index (κ3) is 4.17. The zero-order valence-electron chi connectivity index (χ0n) is 15.5. The number of rotatable bonds is 6. The van der Waals surface area contributed by atoms with Crippen LogP contribution >= 0.6 is 11.8 Å². The van der Waals surface area contributed by atoms with Gasteiger partial charge in [0.2, 0.25) is 0 Å². The molecule has 0 atom stereocenters. The molecule has 0 unspecified atom stereocenters. The molecule has 1 aliphatic heterocycles. The number of nitrogens with zero attached hydrogens (tertiary/aromatic N) is 1. The topological polar surface area (TPSA) is 55.8 Å². The summed E-state index contributed by atoms with van der Waals surface area (Å²) in [6.07, 6.45) is 1.69. The molecule has 0 spiro atoms. The van der Waals surface area contributed by atoms with Crippen molar-refractivity contribution >= 4 is 29.0 Å². The van der Waals surface area contributed by atoms with Crippen LogP contribution in [0.1, 0.15) is 23.6 Å². The fourth-order valence-corrected chi connectivity index (χ4v) is 3.71. The fraction of sp³-hybridized carbons (Fsp3) is 0.238. The van der Waals surface area contributed by atoms with E-state index in [-0.39, 0.29) is 17.7 Å². The maximum atomic E-state index is 12.8. The Hall–Kier alpha value is -2.73. The second-order valence-electron chi connectivity index (χ2n) is 6.07. The number of carbonyl (C=O) groups excluding carboxylic acids is 2. The van der Waals surface area contributed by atoms with E-state index in [4.69, 9.17) is 9.47 Å². The minimum Gasteiger partial charge on any atom is -0.493 e. The quantitative estimate of drug-likeness (QED) is 0.680. The van der Waals surface area contributed by atoms with Crippen molar-refractivity contribution in [2.24, 2.45) is 0 Å². The summed E-state index contributed by atoms with van der Waals surface area (Å²) in [6, 6.07) is 13.2. The van der Waals surface area contributed by atoms with Crippen molar-refractivity contribution in [3.63, 3.8) is 0 Å². The van der Waals surface area contributed by atoms with Gasteiger partial charge in [-0.1, -0.05) is 42.0 Å². The molecule has 0 N–H and O–H groups in total. The number of imide groups is 1. The maximum absolute atomic E-state index is 12.8. The standard InChI is InChI=1S/C21H21NO4S/c1-4-26-19-16(9-6-10-17(19)25-3)12-18-20(23)22(21(24)27-18)13-15-8-5-7-14(2)11-15/h5-12H,4,13H2,1-3H3/b18-12-. The average Bonchev–Trinajstić information content (AvgIpc) is 2.91. The van der Waals surface area contributed by atoms with Crippen molar-refractivity contribution in [3.05, 3.63) is 64.1 Å². The number of amides is 2. The van der Waals surface area contributed by atoms with Crippen LogP contribution in [0.3, 0.4) is 0 Å². The number of aryl methyl sites for hydroxylation is 1. The number of benzene rings is 2. The maximum Gasteiger partial charge on any atom is 0.293 e. The lowest BCUT2D eigenvalue weighted by Gasteiger charge is -2.13. The van der Waals surface area contributed by atoms with Gasteiger partial charge in [0.1, 0.15) is 0 Å². The number of hydrogen-bond donors (Lipinski definition) is 0. The highest BCUT2D eigenvalue weighted by Crippen LogP contribution is 2.37. The van der Waals surface area contributed by atoms with E-state index in [0.717, 1.165) is 22.9 Å². The predicted octanol–water partition coefficient (Wildman–Crippen LogP) is 4.64. The van der Waals surface area contributed by atoms with Gasteiger partial charge in [-0.25, -0.2) is 0 Å². The molecule has 27 heavy (non-hydrogen) atoms. The largest absolute Gasteiger partial charge is 0.493 e. The van der Waals surface area contributed by atoms with Gasteiger partial charge in [0.05, 0.1) is 25.2 Å². The van der Waals surface area contributed by atoms with Crippen molar-refractivity contribution in [2.75, 3.05) is 13.7 Å². The molecule has 140 valence electrons. The van der Waals surface area contributed by atoms with E-state index in [0.29, 0.717) is 28.6 Å². The zero-order valence-corrected chi connectivity index (χ0v) is 16.3. The lowest BCUT2D eigenvalue weighted by Crippen LogP contribution is -2.27. The molecular weight excluding hydrogens is 362 g/mol. The second-order valence-corrected chi connectivity index (χ2v) is 7.06. The lowest BCUT2D eigenvalue weighted by molar-refractivity contribution is -0.123. The molecule has 3 rings (SSSR count). The summed E-state index contributed by atoms with van der Waals surface area (Å²) >= 11 is 0.942. The van der Waals surface area contributed by atoms with Crippen LogP contribution in [0, 0.1) is 6.92 Å². The van der Waals surface area contributed by atoms with Gasteiger partial charge < -0.3 is 9.47 Å². The van der Waals surface area contributed by atoms with E-state index in [1.165, 1.54) is 4.90 Å². The Balaban J connectivity index is 1.88. The Kier molecular flexibility index (Phi) is 5.86. The molecule has 0 bridgehead atoms. The van der Waals surface area contributed by atoms with Gasteiger partial charge in [0.15, 0.2) is 11.5 Å². The molecule has 0 saturated carbocycles. The summed E-state index contributed by atoms with van der Waals surface area (Å²) in [5.41, 5.74) is 2.72. The summed E-state index contributed by atoms with van der Waals surface area (Å²) < 4.78 is 11.0. The first-order chi connectivity index (χ1) is 13.0. The summed E-state index contributed by atoms with van der Waals surface area (Å²) in [5.74, 6) is 0.856. The van der Waals surface area contributed by atoms with Gasteiger partial charge in [-0.3, -0.25) is 14.5 Å². The van der Waals surface area contributed by atoms with Crippen LogP contribution in [-0.4, -0.2) is 29.8 Å². The van der Waals surface area contributed by atoms with Crippen molar-refractivity contribution in [3.8, 4) is 11.5 Å². The van der Waals surface area contributed by atoms with Crippen molar-refractivity contribution in [2.45, 2.75) is 20.4 Å². The minimum atomic E-state index is -0.295. The number of hydrogen-bond acceptors (Lipinski definition) is 5. The Morgan fingerprint density at radius 1 is 1.15 bits per heavy atom. The molecule has 0 aromatic heterocycles. The van der Waals surface area contributed by atoms with E-state index in [9.17, 15) is 9.59 Å². The number of methoxy groups -OCH3 is 1. The molecule has 1 aliphatic rings. The summed E-state index contributed by atoms with van der Waals surface area (Å²) in [6.45, 7) is 4.59. The average molecular weight is 383 g/mol. The van der Waals surface area contributed by atoms with Crippen molar-refractivity contribution in [1.29, 1.82) is 0 Å². The highest BCUT2D eigenvalue weighted by atomic mass is 32.2. The molecule has 0 aliphatic carbocycles. The first-order valence-electron chi connectivity index (χ1n) is 8.64. The van der Waals surface area contributed by atoms with Crippen LogP contribution < -0.4 is 9.47 Å². The van der Waals surface area contributed by atoms with Crippen LogP contribution in [0.25, 0.3) is 6.08 Å². The number of ether oxygens (including phenoxy) is 2. The van der Waals surface area contributed by atoms with Gasteiger partial charge in [0.25, 0.3) is 11.1 Å². The van der Waals surface area contributed by atoms with Gasteiger partial charge in [-0.05, 0) is 43.3 Å². The molecule has 2 aromatic rings. The normalized spacial score (nSPS) is 15.5. The molecule has 6 heteroatoms. The van der Waals surface area contributed by atoms with E-state index in [1.54, 1.807) is 19.3 Å². The highest BCUT2D eigenvalue weighted by Gasteiger charge is 2.35. The van der Waals surface area contributed by atoms with Crippen LogP contribution in [-0.2, 0) is 11.3 Å². The minimum absolute atomic E-state index is 0.264. The van der Waals surface area contributed by atoms with Gasteiger partial charge >= 0.3 is 0 Å². The van der Waals surface area contributed by atoms with Crippen LogP contribution in [0.4, 0.5) is 4.79 Å². The van der Waals surface area contributed by atoms with E-state index >= 15 is 0 Å². The number of thioether (sulfide) groups is 1. The third-order valence-electron chi connectivity index (χ3n) is 4.10. The van der Waals surface area contributed by atoms with E-state index in [1.807, 2.05) is 50.2 Å². The smallest absolute Gasteiger partial charge is 0.293 e. The second kappa shape index (κ2) is 8.31. The SMILES string of the molecule is CCOc1c(/C=C2\SC(=O)N(Cc3cccc(C)c3)C2=O)cccc1OC. The predicted molar refractivity (Wildman–Crippen MR) is 107 cm³/mol. The Morgan fingerprint density at radius 3 is 2.63 bits per heavy atom. The lowest BCUT2D eigenvalue weighted by atomic mass is 10.1. The van der Waals surface area contributed by atoms with Crippen LogP contribution in [0.5, 0.6) is 11.5 Å². The first kappa shape index (κ1) is 19.0. The zero-order chi connectivity index (χ0) is 19.4. The number of para-hydroxylation sites is 1. The van der Waals surface area contributed by atoms with Crippen molar-refractivity contribution < 1.29 is 19.1 Å². The molecule has 2 amide bonds. The number of carbonyl (C=O) groups is 2. The molecule has 1 heterocycles. The summed E-state index contributed by atoms with van der Waals surface area (Å²) in [4.78, 5) is 26.8. The molecule has 1 fully saturated rings. The van der Waals surface area contributed by atoms with Crippen LogP contribution in [0.15, 0.2) is 47.4 Å². The Morgan fingerprint density at radius 2 is 1.93 bits per heavy atom. The Labute approximate surface area is 163 Å². The van der Waals surface area contributed by atoms with E-state index < -0.39 is 0 Å². The molecule has 2 aromatic carbocycles. The summed E-state index contributed by atoms with van der Waals surface area (Å²) in [7, 11) is 1.57. The third-order valence-corrected chi connectivity index (χ3v) is 5.01. The first-order valence-corrected chi connectivity index (χ1v) is 9.46. The van der Waals surface area contributed by atoms with Gasteiger partial charge in [-0.2, -0.15) is 0 Å². The summed E-state index contributed by atoms with van der Waals surface area (Å²) in [5, 5.41) is -0.270. The Bertz CT molecular complexity index is 907. The molecular formula is C21H21NO4S. The molecule has 1 saturated heterocycles. The fourth-order valence-electron chi connectivity index (χ4n) is 2.88. The van der Waals surface area contributed by atoms with Crippen molar-refractivity contribution in [1.82, 2.24) is 4.90 Å². The highest BCUT2D eigenvalue weighted by molar-refractivity contribution is 8.18. The molecule has 0 radical (unpaired) electrons. The van der Waals surface area contributed by atoms with Gasteiger partial charge in [-0.15, -0.1) is 0 Å². The molecule has 5 nitrogen and oxygen atoms in total. The van der Waals surface area contributed by atoms with Gasteiger partial charge in [0, 0.05) is 5.56 Å². The monoisotopic (exact) mass is 383 g/mol. The van der Waals surface area contributed by atoms with E-state index in [2.05, 4.69) is 0 Å².